The van der Waals surface area contributed by atoms with E-state index < -0.39 is 0 Å². The minimum Gasteiger partial charge on any atom is -0.354 e. The van der Waals surface area contributed by atoms with Gasteiger partial charge < -0.3 is 10.6 Å². The number of halogens is 1. The second kappa shape index (κ2) is 8.40. The highest BCUT2D eigenvalue weighted by Gasteiger charge is 2.15. The third-order valence-electron chi connectivity index (χ3n) is 3.66. The lowest BCUT2D eigenvalue weighted by molar-refractivity contribution is 0.589. The summed E-state index contributed by atoms with van der Waals surface area (Å²) in [6.45, 7) is 3.33. The van der Waals surface area contributed by atoms with Crippen LogP contribution in [-0.2, 0) is 6.54 Å². The predicted octanol–water partition coefficient (Wildman–Crippen LogP) is 2.51. The molecule has 132 valence electrons. The van der Waals surface area contributed by atoms with Crippen LogP contribution in [0.3, 0.4) is 0 Å². The molecule has 2 aromatic heterocycles. The van der Waals surface area contributed by atoms with Crippen molar-refractivity contribution in [3.63, 3.8) is 0 Å². The Balaban J connectivity index is 1.73. The van der Waals surface area contributed by atoms with Gasteiger partial charge in [-0.1, -0.05) is 6.08 Å². The minimum atomic E-state index is 0.469. The molecule has 0 spiro atoms. The molecule has 0 radical (unpaired) electrons. The van der Waals surface area contributed by atoms with Gasteiger partial charge in [-0.05, 0) is 47.0 Å². The Morgan fingerprint density at radius 2 is 2.35 bits per heavy atom. The van der Waals surface area contributed by atoms with Crippen LogP contribution in [0.4, 0.5) is 5.95 Å². The van der Waals surface area contributed by atoms with Crippen molar-refractivity contribution in [3.8, 4) is 6.07 Å². The van der Waals surface area contributed by atoms with Crippen molar-refractivity contribution < 1.29 is 0 Å². The standard InChI is InChI=1S/C17H17BrN8/c1-12-9-22-17(21-6-3-7-26-11-20-10-23-26)25-16(12)13(8-19)14-4-2-5-15(18)24-14/h2,4-5,9-11,24H,3,6-7H2,1H3,(H,21,22,25)/b14-13-. The molecule has 0 saturated carbocycles. The lowest BCUT2D eigenvalue weighted by Crippen LogP contribution is -2.14. The highest BCUT2D eigenvalue weighted by atomic mass is 79.9. The molecular weight excluding hydrogens is 396 g/mol. The van der Waals surface area contributed by atoms with E-state index in [1.807, 2.05) is 25.2 Å². The number of anilines is 1. The van der Waals surface area contributed by atoms with Crippen LogP contribution in [0.15, 0.2) is 47.4 Å². The first-order valence-corrected chi connectivity index (χ1v) is 8.82. The van der Waals surface area contributed by atoms with E-state index in [1.165, 1.54) is 6.33 Å². The number of aromatic nitrogens is 5. The largest absolute Gasteiger partial charge is 0.354 e. The van der Waals surface area contributed by atoms with Crippen LogP contribution < -0.4 is 10.6 Å². The Labute approximate surface area is 159 Å². The molecule has 0 aliphatic carbocycles. The molecule has 3 rings (SSSR count). The van der Waals surface area contributed by atoms with Gasteiger partial charge in [-0.3, -0.25) is 4.68 Å². The smallest absolute Gasteiger partial charge is 0.223 e. The van der Waals surface area contributed by atoms with Crippen molar-refractivity contribution in [1.82, 2.24) is 30.0 Å². The average molecular weight is 413 g/mol. The first-order chi connectivity index (χ1) is 12.7. The highest BCUT2D eigenvalue weighted by Crippen LogP contribution is 2.23. The predicted molar refractivity (Wildman–Crippen MR) is 102 cm³/mol. The molecule has 0 aromatic carbocycles. The van der Waals surface area contributed by atoms with Crippen molar-refractivity contribution >= 4 is 27.5 Å². The Hall–Kier alpha value is -2.99. The molecule has 0 unspecified atom stereocenters. The molecule has 0 fully saturated rings. The van der Waals surface area contributed by atoms with Gasteiger partial charge in [0.15, 0.2) is 0 Å². The number of hydrogen-bond acceptors (Lipinski definition) is 7. The van der Waals surface area contributed by atoms with Crippen LogP contribution in [0.25, 0.3) is 5.57 Å². The highest BCUT2D eigenvalue weighted by molar-refractivity contribution is 9.11. The molecule has 8 nitrogen and oxygen atoms in total. The summed E-state index contributed by atoms with van der Waals surface area (Å²) in [4.78, 5) is 12.7. The zero-order valence-electron chi connectivity index (χ0n) is 14.1. The topological polar surface area (TPSA) is 104 Å². The Morgan fingerprint density at radius 1 is 1.46 bits per heavy atom. The summed E-state index contributed by atoms with van der Waals surface area (Å²) in [5.74, 6) is 0.493. The Bertz CT molecular complexity index is 905. The zero-order valence-corrected chi connectivity index (χ0v) is 15.7. The first-order valence-electron chi connectivity index (χ1n) is 8.03. The van der Waals surface area contributed by atoms with Gasteiger partial charge in [0, 0.05) is 19.3 Å². The fraction of sp³-hybridized carbons (Fsp3) is 0.235. The molecule has 0 amide bonds. The zero-order chi connectivity index (χ0) is 18.4. The summed E-state index contributed by atoms with van der Waals surface area (Å²) < 4.78 is 2.56. The summed E-state index contributed by atoms with van der Waals surface area (Å²) >= 11 is 3.39. The summed E-state index contributed by atoms with van der Waals surface area (Å²) in [5, 5.41) is 20.0. The minimum absolute atomic E-state index is 0.469. The van der Waals surface area contributed by atoms with E-state index in [4.69, 9.17) is 0 Å². The molecule has 9 heteroatoms. The SMILES string of the molecule is Cc1cnc(NCCCn2cncn2)nc1/C(C#N)=C1/C=CC=C(Br)N1. The number of hydrogen-bond donors (Lipinski definition) is 2. The van der Waals surface area contributed by atoms with Gasteiger partial charge in [0.1, 0.15) is 24.3 Å². The van der Waals surface area contributed by atoms with Crippen LogP contribution in [-0.4, -0.2) is 31.3 Å². The molecule has 26 heavy (non-hydrogen) atoms. The summed E-state index contributed by atoms with van der Waals surface area (Å²) in [6, 6.07) is 2.24. The van der Waals surface area contributed by atoms with E-state index in [0.29, 0.717) is 29.5 Å². The van der Waals surface area contributed by atoms with E-state index >= 15 is 0 Å². The second-order valence-corrected chi connectivity index (χ2v) is 6.42. The molecule has 0 atom stereocenters. The number of nitrogens with zero attached hydrogens (tertiary/aromatic N) is 6. The van der Waals surface area contributed by atoms with E-state index in [0.717, 1.165) is 23.1 Å². The Morgan fingerprint density at radius 3 is 3.08 bits per heavy atom. The third-order valence-corrected chi connectivity index (χ3v) is 4.13. The van der Waals surface area contributed by atoms with Crippen LogP contribution in [0.5, 0.6) is 0 Å². The van der Waals surface area contributed by atoms with Gasteiger partial charge >= 0.3 is 0 Å². The number of allylic oxidation sites excluding steroid dienone is 4. The molecule has 1 aliphatic heterocycles. The molecule has 0 saturated heterocycles. The van der Waals surface area contributed by atoms with E-state index in [-0.39, 0.29) is 0 Å². The van der Waals surface area contributed by atoms with Gasteiger partial charge in [-0.15, -0.1) is 0 Å². The van der Waals surface area contributed by atoms with Crippen LogP contribution in [0.1, 0.15) is 17.7 Å². The maximum absolute atomic E-state index is 9.64. The van der Waals surface area contributed by atoms with Gasteiger partial charge in [0.05, 0.1) is 16.0 Å². The van der Waals surface area contributed by atoms with Crippen molar-refractivity contribution in [3.05, 3.63) is 58.6 Å². The third kappa shape index (κ3) is 4.34. The van der Waals surface area contributed by atoms with Gasteiger partial charge in [-0.25, -0.2) is 15.0 Å². The molecule has 3 heterocycles. The number of aryl methyl sites for hydroxylation is 2. The van der Waals surface area contributed by atoms with Gasteiger partial charge in [0.25, 0.3) is 0 Å². The number of nitriles is 1. The lowest BCUT2D eigenvalue weighted by atomic mass is 10.1. The summed E-state index contributed by atoms with van der Waals surface area (Å²) in [6.07, 6.45) is 11.3. The fourth-order valence-electron chi connectivity index (χ4n) is 2.40. The molecule has 2 aromatic rings. The normalized spacial score (nSPS) is 15.0. The first kappa shape index (κ1) is 17.8. The maximum atomic E-state index is 9.64. The summed E-state index contributed by atoms with van der Waals surface area (Å²) in [5.41, 5.74) is 2.61. The summed E-state index contributed by atoms with van der Waals surface area (Å²) in [7, 11) is 0. The Kier molecular flexibility index (Phi) is 5.76. The fourth-order valence-corrected chi connectivity index (χ4v) is 2.76. The van der Waals surface area contributed by atoms with Crippen LogP contribution in [0, 0.1) is 18.3 Å². The van der Waals surface area contributed by atoms with E-state index in [2.05, 4.69) is 52.7 Å². The number of nitrogens with one attached hydrogen (secondary N) is 2. The van der Waals surface area contributed by atoms with Gasteiger partial charge in [0.2, 0.25) is 5.95 Å². The molecular formula is C17H17BrN8. The van der Waals surface area contributed by atoms with Crippen molar-refractivity contribution in [2.45, 2.75) is 19.9 Å². The van der Waals surface area contributed by atoms with Crippen molar-refractivity contribution in [2.24, 2.45) is 0 Å². The van der Waals surface area contributed by atoms with Crippen LogP contribution >= 0.6 is 15.9 Å². The lowest BCUT2D eigenvalue weighted by Gasteiger charge is -2.14. The molecule has 2 N–H and O–H groups in total. The average Bonchev–Trinajstić information content (AvgIpc) is 3.15. The van der Waals surface area contributed by atoms with Crippen LogP contribution in [0.2, 0.25) is 0 Å². The quantitative estimate of drug-likeness (QED) is 0.426. The number of rotatable bonds is 6. The monoisotopic (exact) mass is 412 g/mol. The van der Waals surface area contributed by atoms with E-state index in [1.54, 1.807) is 17.2 Å². The van der Waals surface area contributed by atoms with Gasteiger partial charge in [-0.2, -0.15) is 10.4 Å². The second-order valence-electron chi connectivity index (χ2n) is 5.56. The molecule has 0 bridgehead atoms. The molecule has 1 aliphatic rings. The maximum Gasteiger partial charge on any atom is 0.223 e. The van der Waals surface area contributed by atoms with Crippen molar-refractivity contribution in [1.29, 1.82) is 5.26 Å². The van der Waals surface area contributed by atoms with Crippen molar-refractivity contribution in [2.75, 3.05) is 11.9 Å². The van der Waals surface area contributed by atoms with E-state index in [9.17, 15) is 5.26 Å². The number of dihydropyridines is 1.